The zero-order valence-electron chi connectivity index (χ0n) is 13.5. The second-order valence-electron chi connectivity index (χ2n) is 7.32. The molecule has 1 spiro atoms. The van der Waals surface area contributed by atoms with Crippen LogP contribution in [0.4, 0.5) is 5.82 Å². The van der Waals surface area contributed by atoms with Gasteiger partial charge in [0.2, 0.25) is 0 Å². The molecule has 0 aliphatic heterocycles. The number of nitrogens with zero attached hydrogens (tertiary/aromatic N) is 2. The molecule has 0 aromatic carbocycles. The lowest BCUT2D eigenvalue weighted by atomic mass is 9.85. The topological polar surface area (TPSA) is 58.2 Å². The van der Waals surface area contributed by atoms with Gasteiger partial charge in [-0.1, -0.05) is 24.3 Å². The Morgan fingerprint density at radius 2 is 2.46 bits per heavy atom. The first-order valence-electron chi connectivity index (χ1n) is 8.77. The van der Waals surface area contributed by atoms with Crippen LogP contribution in [0.5, 0.6) is 0 Å². The third kappa shape index (κ3) is 2.04. The third-order valence-corrected chi connectivity index (χ3v) is 6.11. The van der Waals surface area contributed by atoms with Crippen molar-refractivity contribution in [3.8, 4) is 0 Å². The lowest BCUT2D eigenvalue weighted by Crippen LogP contribution is -2.31. The van der Waals surface area contributed by atoms with Gasteiger partial charge in [-0.2, -0.15) is 5.10 Å². The van der Waals surface area contributed by atoms with Gasteiger partial charge in [0.1, 0.15) is 6.61 Å². The standard InChI is InChI=1S/C19H21N3O2/c23-17(12-24-14-4-2-1-3-5-14)22(16-7-9-20-21-16)11-15-18-13-6-8-19(15,18)10-13/h1-4,7,9,11,13-14,18H,5-6,8,10,12H2,(H,20,21)/b15-11-. The minimum atomic E-state index is -0.0591. The Balaban J connectivity index is 1.31. The summed E-state index contributed by atoms with van der Waals surface area (Å²) in [6.07, 6.45) is 16.6. The number of aromatic amines is 1. The maximum Gasteiger partial charge on any atom is 0.258 e. The molecule has 4 unspecified atom stereocenters. The highest BCUT2D eigenvalue weighted by Gasteiger charge is 2.75. The van der Waals surface area contributed by atoms with Crippen LogP contribution in [0, 0.1) is 17.3 Å². The van der Waals surface area contributed by atoms with Crippen LogP contribution in [-0.4, -0.2) is 28.8 Å². The number of aromatic nitrogens is 2. The summed E-state index contributed by atoms with van der Waals surface area (Å²) < 4.78 is 5.76. The zero-order chi connectivity index (χ0) is 16.1. The van der Waals surface area contributed by atoms with Crippen molar-refractivity contribution in [2.45, 2.75) is 31.8 Å². The summed E-state index contributed by atoms with van der Waals surface area (Å²) in [5, 5.41) is 7.00. The van der Waals surface area contributed by atoms with E-state index in [1.54, 1.807) is 11.1 Å². The van der Waals surface area contributed by atoms with Gasteiger partial charge >= 0.3 is 0 Å². The van der Waals surface area contributed by atoms with Crippen LogP contribution in [0.3, 0.4) is 0 Å². The number of hydrogen-bond donors (Lipinski definition) is 1. The Morgan fingerprint density at radius 1 is 1.50 bits per heavy atom. The van der Waals surface area contributed by atoms with E-state index in [2.05, 4.69) is 16.3 Å². The average Bonchev–Trinajstić information content (AvgIpc) is 3.17. The van der Waals surface area contributed by atoms with E-state index in [0.717, 1.165) is 18.3 Å². The summed E-state index contributed by atoms with van der Waals surface area (Å²) in [4.78, 5) is 14.4. The number of hydrogen-bond acceptors (Lipinski definition) is 3. The first-order valence-corrected chi connectivity index (χ1v) is 8.77. The number of allylic oxidation sites excluding steroid dienone is 3. The van der Waals surface area contributed by atoms with Crippen molar-refractivity contribution in [3.63, 3.8) is 0 Å². The lowest BCUT2D eigenvalue weighted by molar-refractivity contribution is -0.123. The zero-order valence-corrected chi connectivity index (χ0v) is 13.5. The average molecular weight is 323 g/mol. The minimum Gasteiger partial charge on any atom is -0.364 e. The third-order valence-electron chi connectivity index (χ3n) is 6.11. The number of fused-ring (bicyclic) bond motifs is 1. The van der Waals surface area contributed by atoms with Crippen molar-refractivity contribution < 1.29 is 9.53 Å². The SMILES string of the molecule is O=C(COC1C=CC=CC1)N(/C=C1/C2C3CCC12C3)c1cc[nH]n1. The Kier molecular flexibility index (Phi) is 3.07. The van der Waals surface area contributed by atoms with E-state index >= 15 is 0 Å². The van der Waals surface area contributed by atoms with E-state index < -0.39 is 0 Å². The summed E-state index contributed by atoms with van der Waals surface area (Å²) in [5.74, 6) is 2.19. The van der Waals surface area contributed by atoms with Gasteiger partial charge in [0.05, 0.1) is 6.10 Å². The fourth-order valence-electron chi connectivity index (χ4n) is 4.89. The van der Waals surface area contributed by atoms with Gasteiger partial charge < -0.3 is 4.74 Å². The Morgan fingerprint density at radius 3 is 3.12 bits per heavy atom. The van der Waals surface area contributed by atoms with E-state index in [0.29, 0.717) is 11.2 Å². The fraction of sp³-hybridized carbons (Fsp3) is 0.474. The summed E-state index contributed by atoms with van der Waals surface area (Å²) >= 11 is 0. The smallest absolute Gasteiger partial charge is 0.258 e. The van der Waals surface area contributed by atoms with Gasteiger partial charge in [0.25, 0.3) is 5.91 Å². The summed E-state index contributed by atoms with van der Waals surface area (Å²) in [6.45, 7) is 0.0700. The van der Waals surface area contributed by atoms with E-state index in [1.807, 2.05) is 30.5 Å². The van der Waals surface area contributed by atoms with Crippen LogP contribution < -0.4 is 4.90 Å². The number of carbonyl (C=O) groups excluding carboxylic acids is 1. The highest BCUT2D eigenvalue weighted by atomic mass is 16.5. The van der Waals surface area contributed by atoms with Crippen LogP contribution in [0.1, 0.15) is 25.7 Å². The molecule has 5 heteroatoms. The first-order chi connectivity index (χ1) is 11.8. The number of carbonyl (C=O) groups is 1. The highest BCUT2D eigenvalue weighted by molar-refractivity contribution is 5.95. The molecular formula is C19H21N3O2. The van der Waals surface area contributed by atoms with Crippen LogP contribution >= 0.6 is 0 Å². The normalized spacial score (nSPS) is 36.5. The second-order valence-corrected chi connectivity index (χ2v) is 7.32. The van der Waals surface area contributed by atoms with E-state index in [9.17, 15) is 4.79 Å². The van der Waals surface area contributed by atoms with Gasteiger partial charge in [-0.15, -0.1) is 0 Å². The number of H-pyrrole nitrogens is 1. The van der Waals surface area contributed by atoms with Crippen LogP contribution in [0.15, 0.2) is 48.3 Å². The molecule has 4 atom stereocenters. The van der Waals surface area contributed by atoms with E-state index in [-0.39, 0.29) is 18.6 Å². The molecule has 24 heavy (non-hydrogen) atoms. The molecule has 5 aliphatic carbocycles. The maximum absolute atomic E-state index is 12.7. The van der Waals surface area contributed by atoms with Gasteiger partial charge in [0, 0.05) is 23.9 Å². The molecule has 5 nitrogen and oxygen atoms in total. The molecule has 2 bridgehead atoms. The largest absolute Gasteiger partial charge is 0.364 e. The van der Waals surface area contributed by atoms with Crippen molar-refractivity contribution in [2.24, 2.45) is 17.3 Å². The van der Waals surface area contributed by atoms with E-state index in [1.165, 1.54) is 24.8 Å². The summed E-state index contributed by atoms with van der Waals surface area (Å²) in [7, 11) is 0. The lowest BCUT2D eigenvalue weighted by Gasteiger charge is -2.19. The summed E-state index contributed by atoms with van der Waals surface area (Å²) in [6, 6.07) is 1.83. The van der Waals surface area contributed by atoms with Crippen molar-refractivity contribution in [1.29, 1.82) is 0 Å². The van der Waals surface area contributed by atoms with Crippen molar-refractivity contribution in [1.82, 2.24) is 10.2 Å². The minimum absolute atomic E-state index is 0.0145. The molecule has 1 aromatic heterocycles. The first kappa shape index (κ1) is 14.2. The molecule has 5 aliphatic rings. The number of nitrogens with one attached hydrogen (secondary N) is 1. The van der Waals surface area contributed by atoms with Crippen molar-refractivity contribution in [2.75, 3.05) is 11.5 Å². The fourth-order valence-corrected chi connectivity index (χ4v) is 4.89. The molecule has 4 fully saturated rings. The number of rotatable bonds is 5. The molecule has 1 amide bonds. The molecule has 4 saturated carbocycles. The Labute approximate surface area is 141 Å². The van der Waals surface area contributed by atoms with Crippen molar-refractivity contribution >= 4 is 11.7 Å². The molecule has 0 saturated heterocycles. The van der Waals surface area contributed by atoms with Gasteiger partial charge in [-0.3, -0.25) is 14.8 Å². The predicted octanol–water partition coefficient (Wildman–Crippen LogP) is 2.96. The number of amides is 1. The second kappa shape index (κ2) is 5.18. The molecule has 1 aromatic rings. The van der Waals surface area contributed by atoms with Crippen LogP contribution in [0.2, 0.25) is 0 Å². The molecular weight excluding hydrogens is 302 g/mol. The quantitative estimate of drug-likeness (QED) is 0.906. The number of ether oxygens (including phenoxy) is 1. The predicted molar refractivity (Wildman–Crippen MR) is 90.1 cm³/mol. The summed E-state index contributed by atoms with van der Waals surface area (Å²) in [5.41, 5.74) is 1.90. The molecule has 0 radical (unpaired) electrons. The Hall–Kier alpha value is -2.14. The Bertz CT molecular complexity index is 745. The van der Waals surface area contributed by atoms with E-state index in [4.69, 9.17) is 4.74 Å². The number of anilines is 1. The van der Waals surface area contributed by atoms with Crippen molar-refractivity contribution in [3.05, 3.63) is 48.3 Å². The molecule has 1 N–H and O–H groups in total. The van der Waals surface area contributed by atoms with Crippen LogP contribution in [-0.2, 0) is 9.53 Å². The monoisotopic (exact) mass is 323 g/mol. The van der Waals surface area contributed by atoms with Gasteiger partial charge in [0.15, 0.2) is 5.82 Å². The van der Waals surface area contributed by atoms with Gasteiger partial charge in [-0.05, 0) is 43.1 Å². The van der Waals surface area contributed by atoms with Crippen LogP contribution in [0.25, 0.3) is 0 Å². The molecule has 6 rings (SSSR count). The maximum atomic E-state index is 12.7. The highest BCUT2D eigenvalue weighted by Crippen LogP contribution is 2.83. The molecule has 124 valence electrons. The van der Waals surface area contributed by atoms with Gasteiger partial charge in [-0.25, -0.2) is 0 Å². The molecule has 1 heterocycles.